The number of rotatable bonds is 2. The van der Waals surface area contributed by atoms with E-state index in [-0.39, 0.29) is 18.7 Å². The van der Waals surface area contributed by atoms with E-state index >= 15 is 0 Å². The molecule has 0 saturated carbocycles. The first-order chi connectivity index (χ1) is 23.3. The molecule has 2 aliphatic carbocycles. The third kappa shape index (κ3) is 3.49. The van der Waals surface area contributed by atoms with Crippen LogP contribution in [0, 0.1) is 0 Å². The van der Waals surface area contributed by atoms with Crippen LogP contribution in [0.2, 0.25) is 0 Å². The van der Waals surface area contributed by atoms with E-state index in [9.17, 15) is 0 Å². The van der Waals surface area contributed by atoms with Crippen LogP contribution in [-0.2, 0) is 0 Å². The zero-order valence-electron chi connectivity index (χ0n) is 25.6. The monoisotopic (exact) mass is 604 g/mol. The standard InChI is InChI=1S/C42H29BN2O2/c1-7-18-38-28(10-1)30-24-26(20-22-40(30)46-38)44-34-14-5-3-12-32(34)43-33-13-4-6-15-35(33)45(37-17-9-16-36(44)42(37)43)27-21-23-41-31(25-27)29-11-2-8-19-39(29)47-41/h1-3,5-12,14-25,30,40H,4,13H2. The van der Waals surface area contributed by atoms with Crippen LogP contribution in [0.15, 0.2) is 161 Å². The lowest BCUT2D eigenvalue weighted by molar-refractivity contribution is 0.268. The molecule has 11 rings (SSSR count). The molecule has 6 aromatic rings. The van der Waals surface area contributed by atoms with Crippen molar-refractivity contribution in [3.8, 4) is 5.75 Å². The van der Waals surface area contributed by atoms with Crippen LogP contribution in [0.1, 0.15) is 24.3 Å². The number of ether oxygens (including phenoxy) is 1. The predicted molar refractivity (Wildman–Crippen MR) is 192 cm³/mol. The minimum absolute atomic E-state index is 0.0276. The second kappa shape index (κ2) is 9.43. The van der Waals surface area contributed by atoms with Crippen molar-refractivity contribution in [3.05, 3.63) is 162 Å². The summed E-state index contributed by atoms with van der Waals surface area (Å²) in [5.41, 5.74) is 14.7. The summed E-state index contributed by atoms with van der Waals surface area (Å²) in [7, 11) is 0. The van der Waals surface area contributed by atoms with Crippen LogP contribution in [0.5, 0.6) is 5.75 Å². The molecule has 2 atom stereocenters. The summed E-state index contributed by atoms with van der Waals surface area (Å²) in [6.07, 6.45) is 13.7. The number of anilines is 4. The first kappa shape index (κ1) is 25.5. The van der Waals surface area contributed by atoms with Gasteiger partial charge in [-0.3, -0.25) is 0 Å². The number of benzene rings is 5. The minimum Gasteiger partial charge on any atom is -0.485 e. The number of para-hydroxylation sites is 3. The largest absolute Gasteiger partial charge is 0.485 e. The fourth-order valence-electron chi connectivity index (χ4n) is 8.71. The maximum absolute atomic E-state index is 6.35. The molecule has 5 heteroatoms. The van der Waals surface area contributed by atoms with Gasteiger partial charge in [-0.1, -0.05) is 72.2 Å². The Morgan fingerprint density at radius 3 is 2.49 bits per heavy atom. The molecule has 0 N–H and O–H groups in total. The molecule has 2 unspecified atom stereocenters. The molecular weight excluding hydrogens is 575 g/mol. The van der Waals surface area contributed by atoms with E-state index in [2.05, 4.69) is 143 Å². The van der Waals surface area contributed by atoms with Crippen LogP contribution in [-0.4, -0.2) is 12.8 Å². The smallest absolute Gasteiger partial charge is 0.247 e. The van der Waals surface area contributed by atoms with Crippen LogP contribution in [0.3, 0.4) is 0 Å². The topological polar surface area (TPSA) is 28.9 Å². The van der Waals surface area contributed by atoms with Crippen molar-refractivity contribution in [2.45, 2.75) is 24.9 Å². The van der Waals surface area contributed by atoms with Crippen molar-refractivity contribution in [2.75, 3.05) is 9.80 Å². The molecule has 5 aliphatic rings. The maximum atomic E-state index is 6.35. The Morgan fingerprint density at radius 1 is 0.702 bits per heavy atom. The van der Waals surface area contributed by atoms with E-state index in [0.29, 0.717) is 0 Å². The van der Waals surface area contributed by atoms with Gasteiger partial charge in [0.15, 0.2) is 0 Å². The number of hydrogen-bond donors (Lipinski definition) is 0. The highest BCUT2D eigenvalue weighted by atomic mass is 16.5. The number of nitrogens with zero attached hydrogens (tertiary/aromatic N) is 2. The molecule has 0 bridgehead atoms. The van der Waals surface area contributed by atoms with Crippen molar-refractivity contribution in [3.63, 3.8) is 0 Å². The van der Waals surface area contributed by atoms with Crippen LogP contribution < -0.4 is 25.5 Å². The molecule has 5 aromatic carbocycles. The first-order valence-electron chi connectivity index (χ1n) is 16.6. The Hall–Kier alpha value is -5.68. The quantitative estimate of drug-likeness (QED) is 0.185. The molecule has 1 aromatic heterocycles. The van der Waals surface area contributed by atoms with E-state index in [1.807, 2.05) is 6.07 Å². The average Bonchev–Trinajstić information content (AvgIpc) is 3.69. The van der Waals surface area contributed by atoms with Crippen LogP contribution in [0.4, 0.5) is 22.7 Å². The molecule has 0 radical (unpaired) electrons. The number of allylic oxidation sites excluding steroid dienone is 4. The third-order valence-electron chi connectivity index (χ3n) is 10.7. The van der Waals surface area contributed by atoms with Gasteiger partial charge in [0.2, 0.25) is 6.71 Å². The SMILES string of the molecule is C1=CC2=C(CC1)B1c3ccccc3N(C3=CC4c5ccccc5OC4C=C3)c3cccc(c31)N2c1ccc2oc3ccccc3c2c1. The maximum Gasteiger partial charge on any atom is 0.247 e. The molecule has 4 nitrogen and oxygen atoms in total. The van der Waals surface area contributed by atoms with Crippen molar-refractivity contribution >= 4 is 62.3 Å². The van der Waals surface area contributed by atoms with Gasteiger partial charge in [-0.2, -0.15) is 0 Å². The molecule has 0 saturated heterocycles. The van der Waals surface area contributed by atoms with Crippen molar-refractivity contribution in [2.24, 2.45) is 0 Å². The summed E-state index contributed by atoms with van der Waals surface area (Å²) in [6, 6.07) is 39.4. The number of fused-ring (bicyclic) bond motifs is 9. The lowest BCUT2D eigenvalue weighted by atomic mass is 9.32. The molecule has 0 fully saturated rings. The second-order valence-corrected chi connectivity index (χ2v) is 13.1. The van der Waals surface area contributed by atoms with Gasteiger partial charge in [-0.15, -0.1) is 0 Å². The van der Waals surface area contributed by atoms with E-state index in [4.69, 9.17) is 9.15 Å². The van der Waals surface area contributed by atoms with Crippen LogP contribution in [0.25, 0.3) is 21.9 Å². The van der Waals surface area contributed by atoms with E-state index in [1.165, 1.54) is 50.4 Å². The molecular formula is C42H29BN2O2. The van der Waals surface area contributed by atoms with E-state index in [0.717, 1.165) is 46.2 Å². The lowest BCUT2D eigenvalue weighted by Gasteiger charge is -2.45. The normalized spacial score (nSPS) is 20.1. The van der Waals surface area contributed by atoms with Gasteiger partial charge >= 0.3 is 0 Å². The Bertz CT molecular complexity index is 2450. The van der Waals surface area contributed by atoms with Gasteiger partial charge in [0.25, 0.3) is 0 Å². The Labute approximate surface area is 273 Å². The van der Waals surface area contributed by atoms with Crippen molar-refractivity contribution < 1.29 is 9.15 Å². The summed E-state index contributed by atoms with van der Waals surface area (Å²) >= 11 is 0. The zero-order valence-corrected chi connectivity index (χ0v) is 25.6. The van der Waals surface area contributed by atoms with E-state index < -0.39 is 0 Å². The summed E-state index contributed by atoms with van der Waals surface area (Å²) in [5, 5.41) is 2.29. The highest BCUT2D eigenvalue weighted by molar-refractivity contribution is 6.95. The van der Waals surface area contributed by atoms with Gasteiger partial charge < -0.3 is 19.0 Å². The van der Waals surface area contributed by atoms with Gasteiger partial charge in [-0.05, 0) is 96.6 Å². The van der Waals surface area contributed by atoms with E-state index in [1.54, 1.807) is 0 Å². The molecule has 47 heavy (non-hydrogen) atoms. The summed E-state index contributed by atoms with van der Waals surface area (Å²) in [5.74, 6) is 1.17. The third-order valence-corrected chi connectivity index (χ3v) is 10.7. The fourth-order valence-corrected chi connectivity index (χ4v) is 8.71. The van der Waals surface area contributed by atoms with Crippen molar-refractivity contribution in [1.82, 2.24) is 0 Å². The summed E-state index contributed by atoms with van der Waals surface area (Å²) in [6.45, 7) is 0.194. The Kier molecular flexibility index (Phi) is 5.12. The Morgan fingerprint density at radius 2 is 1.51 bits per heavy atom. The first-order valence-corrected chi connectivity index (χ1v) is 16.6. The van der Waals surface area contributed by atoms with Crippen molar-refractivity contribution in [1.29, 1.82) is 0 Å². The van der Waals surface area contributed by atoms with Gasteiger partial charge in [0, 0.05) is 56.4 Å². The summed E-state index contributed by atoms with van der Waals surface area (Å²) < 4.78 is 12.6. The van der Waals surface area contributed by atoms with Gasteiger partial charge in [0.1, 0.15) is 23.0 Å². The highest BCUT2D eigenvalue weighted by Gasteiger charge is 2.45. The van der Waals surface area contributed by atoms with Crippen LogP contribution >= 0.6 is 0 Å². The van der Waals surface area contributed by atoms with Gasteiger partial charge in [0.05, 0.1) is 0 Å². The molecule has 3 aliphatic heterocycles. The highest BCUT2D eigenvalue weighted by Crippen LogP contribution is 2.48. The Balaban J connectivity index is 1.14. The minimum atomic E-state index is 0.0276. The average molecular weight is 605 g/mol. The second-order valence-electron chi connectivity index (χ2n) is 13.1. The number of hydrogen-bond acceptors (Lipinski definition) is 4. The molecule has 222 valence electrons. The molecule has 4 heterocycles. The summed E-state index contributed by atoms with van der Waals surface area (Å²) in [4.78, 5) is 4.99. The molecule has 0 amide bonds. The predicted octanol–water partition coefficient (Wildman–Crippen LogP) is 8.94. The lowest BCUT2D eigenvalue weighted by Crippen LogP contribution is -2.56. The molecule has 0 spiro atoms. The van der Waals surface area contributed by atoms with Gasteiger partial charge in [-0.25, -0.2) is 0 Å². The zero-order chi connectivity index (χ0) is 30.6. The number of furan rings is 1. The fraction of sp³-hybridized carbons (Fsp3) is 0.0952.